The number of hydrogen-bond donors (Lipinski definition) is 4. The van der Waals surface area contributed by atoms with Gasteiger partial charge in [0.2, 0.25) is 0 Å². The summed E-state index contributed by atoms with van der Waals surface area (Å²) in [5.74, 6) is 0.925. The zero-order valence-corrected chi connectivity index (χ0v) is 29.1. The molecule has 0 aliphatic carbocycles. The van der Waals surface area contributed by atoms with Crippen LogP contribution in [-0.4, -0.2) is 20.4 Å². The highest BCUT2D eigenvalue weighted by Crippen LogP contribution is 2.45. The number of aromatic hydroxyl groups is 2. The number of benzene rings is 3. The lowest BCUT2D eigenvalue weighted by atomic mass is 9.67. The number of rotatable bonds is 10. The topological polar surface area (TPSA) is 80.9 Å². The quantitative estimate of drug-likeness (QED) is 0.104. The average molecular weight is 619 g/mol. The van der Waals surface area contributed by atoms with Gasteiger partial charge in [-0.15, -0.1) is 0 Å². The van der Waals surface area contributed by atoms with Crippen molar-refractivity contribution in [2.75, 3.05) is 0 Å². The van der Waals surface area contributed by atoms with Gasteiger partial charge < -0.3 is 20.4 Å². The molecule has 0 aromatic heterocycles. The van der Waals surface area contributed by atoms with Crippen LogP contribution in [0.2, 0.25) is 0 Å². The molecular weight excluding hydrogens is 568 g/mol. The Balaban J connectivity index is 2.33. The highest BCUT2D eigenvalue weighted by atomic mass is 16.3. The predicted molar refractivity (Wildman–Crippen MR) is 193 cm³/mol. The first-order valence-corrected chi connectivity index (χ1v) is 15.6. The van der Waals surface area contributed by atoms with Crippen molar-refractivity contribution in [1.82, 2.24) is 0 Å². The summed E-state index contributed by atoms with van der Waals surface area (Å²) in [6.45, 7) is 28.0. The average Bonchev–Trinajstić information content (AvgIpc) is 3.03. The summed E-state index contributed by atoms with van der Waals surface area (Å²) >= 11 is 0. The molecular formula is C42H50O4. The molecule has 0 heterocycles. The van der Waals surface area contributed by atoms with Gasteiger partial charge >= 0.3 is 0 Å². The Morgan fingerprint density at radius 2 is 0.891 bits per heavy atom. The highest BCUT2D eigenvalue weighted by Gasteiger charge is 2.36. The Morgan fingerprint density at radius 1 is 0.587 bits per heavy atom. The summed E-state index contributed by atoms with van der Waals surface area (Å²) in [5.41, 5.74) is 8.62. The van der Waals surface area contributed by atoms with E-state index in [1.165, 1.54) is 0 Å². The molecule has 4 heteroatoms. The Hall–Kier alpha value is -4.70. The predicted octanol–water partition coefficient (Wildman–Crippen LogP) is 10.9. The third-order valence-electron chi connectivity index (χ3n) is 9.60. The van der Waals surface area contributed by atoms with E-state index in [1.54, 1.807) is 26.0 Å². The monoisotopic (exact) mass is 618 g/mol. The molecule has 4 N–H and O–H groups in total. The molecule has 0 bridgehead atoms. The Labute approximate surface area is 275 Å². The zero-order valence-electron chi connectivity index (χ0n) is 29.1. The maximum Gasteiger partial charge on any atom is 0.121 e. The van der Waals surface area contributed by atoms with Crippen LogP contribution in [0.5, 0.6) is 11.5 Å². The van der Waals surface area contributed by atoms with Gasteiger partial charge in [0.15, 0.2) is 0 Å². The largest absolute Gasteiger partial charge is 0.508 e. The van der Waals surface area contributed by atoms with Gasteiger partial charge in [-0.25, -0.2) is 0 Å². The van der Waals surface area contributed by atoms with Gasteiger partial charge in [0, 0.05) is 10.8 Å². The molecule has 0 fully saturated rings. The molecule has 242 valence electrons. The van der Waals surface area contributed by atoms with Crippen molar-refractivity contribution < 1.29 is 20.4 Å². The molecule has 0 amide bonds. The van der Waals surface area contributed by atoms with Crippen LogP contribution in [0, 0.1) is 27.7 Å². The summed E-state index contributed by atoms with van der Waals surface area (Å²) in [4.78, 5) is 0. The normalized spacial score (nSPS) is 13.6. The van der Waals surface area contributed by atoms with Crippen LogP contribution in [0.15, 0.2) is 120 Å². The van der Waals surface area contributed by atoms with Gasteiger partial charge in [-0.3, -0.25) is 0 Å². The van der Waals surface area contributed by atoms with Crippen LogP contribution in [0.4, 0.5) is 0 Å². The molecule has 0 aliphatic rings. The van der Waals surface area contributed by atoms with Crippen molar-refractivity contribution in [2.24, 2.45) is 0 Å². The summed E-state index contributed by atoms with van der Waals surface area (Å²) in [6, 6.07) is 16.5. The second kappa shape index (κ2) is 13.7. The summed E-state index contributed by atoms with van der Waals surface area (Å²) in [6.07, 6.45) is 7.05. The van der Waals surface area contributed by atoms with Crippen LogP contribution < -0.4 is 0 Å². The molecule has 3 aromatic rings. The van der Waals surface area contributed by atoms with Gasteiger partial charge in [-0.1, -0.05) is 73.8 Å². The van der Waals surface area contributed by atoms with E-state index in [2.05, 4.69) is 51.3 Å². The zero-order chi connectivity index (χ0) is 34.7. The minimum Gasteiger partial charge on any atom is -0.508 e. The number of aliphatic hydroxyl groups is 2. The van der Waals surface area contributed by atoms with E-state index in [-0.39, 0.29) is 23.0 Å². The van der Waals surface area contributed by atoms with Crippen molar-refractivity contribution in [1.29, 1.82) is 0 Å². The molecule has 0 radical (unpaired) electrons. The van der Waals surface area contributed by atoms with Crippen molar-refractivity contribution in [3.8, 4) is 11.5 Å². The fraction of sp³-hybridized carbons (Fsp3) is 0.286. The molecule has 46 heavy (non-hydrogen) atoms. The van der Waals surface area contributed by atoms with Gasteiger partial charge in [0.05, 0.1) is 0 Å². The lowest BCUT2D eigenvalue weighted by Crippen LogP contribution is -2.28. The number of allylic oxidation sites excluding steroid dienone is 8. The van der Waals surface area contributed by atoms with Crippen LogP contribution in [0.25, 0.3) is 0 Å². The molecule has 0 saturated carbocycles. The fourth-order valence-corrected chi connectivity index (χ4v) is 6.12. The van der Waals surface area contributed by atoms with E-state index >= 15 is 0 Å². The SMILES string of the molecule is C=C(/C=C(C)\C(O)=C\C)C(C)(C(=C)/C=C(C)\C(O)=C\C)c1ccc(C(C)(c2cc(C)c(O)c(C)c2)c2cc(C)c(O)c(C)c2)cc1. The standard InChI is InChI=1S/C42H50O4/c1-13-37(43)25(3)19-31(9)41(11,32(10)20-26(4)38(44)14-2)33-15-17-34(18-16-33)42(12,35-21-27(5)39(45)28(6)22-35)36-23-29(7)40(46)30(8)24-36/h13-24,43-46H,9-10H2,1-8,11-12H3/b25-19-,26-20-,37-13-,38-14-. The number of aliphatic hydroxyl groups excluding tert-OH is 2. The van der Waals surface area contributed by atoms with Crippen molar-refractivity contribution >= 4 is 0 Å². The molecule has 4 nitrogen and oxygen atoms in total. The molecule has 0 saturated heterocycles. The maximum atomic E-state index is 10.6. The first-order chi connectivity index (χ1) is 21.4. The van der Waals surface area contributed by atoms with Crippen molar-refractivity contribution in [2.45, 2.75) is 80.1 Å². The minimum absolute atomic E-state index is 0.178. The molecule has 3 aromatic carbocycles. The number of aryl methyl sites for hydroxylation is 4. The third-order valence-corrected chi connectivity index (χ3v) is 9.60. The molecule has 0 atom stereocenters. The highest BCUT2D eigenvalue weighted by molar-refractivity contribution is 5.59. The lowest BCUT2D eigenvalue weighted by Gasteiger charge is -2.36. The number of phenolic OH excluding ortho intramolecular Hbond substituents is 2. The number of phenols is 2. The Bertz CT molecular complexity index is 1640. The lowest BCUT2D eigenvalue weighted by molar-refractivity contribution is 0.422. The van der Waals surface area contributed by atoms with Crippen molar-refractivity contribution in [3.05, 3.63) is 164 Å². The van der Waals surface area contributed by atoms with Crippen LogP contribution in [-0.2, 0) is 10.8 Å². The van der Waals surface area contributed by atoms with Crippen molar-refractivity contribution in [3.63, 3.8) is 0 Å². The molecule has 0 aliphatic heterocycles. The number of hydrogen-bond acceptors (Lipinski definition) is 4. The van der Waals surface area contributed by atoms with E-state index in [0.29, 0.717) is 11.1 Å². The summed E-state index contributed by atoms with van der Waals surface area (Å²) in [5, 5.41) is 42.0. The third kappa shape index (κ3) is 6.62. The minimum atomic E-state index is -0.781. The first kappa shape index (κ1) is 35.8. The Kier molecular flexibility index (Phi) is 10.7. The maximum absolute atomic E-state index is 10.6. The van der Waals surface area contributed by atoms with E-state index in [1.807, 2.05) is 78.0 Å². The van der Waals surface area contributed by atoms with E-state index in [9.17, 15) is 20.4 Å². The molecule has 0 spiro atoms. The first-order valence-electron chi connectivity index (χ1n) is 15.6. The second-order valence-electron chi connectivity index (χ2n) is 12.8. The van der Waals surface area contributed by atoms with E-state index < -0.39 is 10.8 Å². The fourth-order valence-electron chi connectivity index (χ4n) is 6.12. The van der Waals surface area contributed by atoms with Gasteiger partial charge in [0.25, 0.3) is 0 Å². The second-order valence-corrected chi connectivity index (χ2v) is 12.8. The summed E-state index contributed by atoms with van der Waals surface area (Å²) in [7, 11) is 0. The summed E-state index contributed by atoms with van der Waals surface area (Å²) < 4.78 is 0. The van der Waals surface area contributed by atoms with Gasteiger partial charge in [0.1, 0.15) is 23.0 Å². The van der Waals surface area contributed by atoms with Crippen LogP contribution in [0.3, 0.4) is 0 Å². The van der Waals surface area contributed by atoms with Crippen LogP contribution >= 0.6 is 0 Å². The van der Waals surface area contributed by atoms with Gasteiger partial charge in [-0.05, 0) is 148 Å². The van der Waals surface area contributed by atoms with E-state index in [0.717, 1.165) is 55.7 Å². The molecule has 0 unspecified atom stereocenters. The van der Waals surface area contributed by atoms with E-state index in [4.69, 9.17) is 0 Å². The smallest absolute Gasteiger partial charge is 0.121 e. The Morgan fingerprint density at radius 3 is 1.20 bits per heavy atom. The molecule has 3 rings (SSSR count). The van der Waals surface area contributed by atoms with Crippen LogP contribution in [0.1, 0.15) is 86.1 Å². The van der Waals surface area contributed by atoms with Gasteiger partial charge in [-0.2, -0.15) is 0 Å².